The van der Waals surface area contributed by atoms with E-state index in [1.165, 1.54) is 6.08 Å². The topological polar surface area (TPSA) is 211 Å². The molecule has 0 radical (unpaired) electrons. The zero-order valence-corrected chi connectivity index (χ0v) is 15.4. The second-order valence-electron chi connectivity index (χ2n) is 6.62. The number of hydrogen-bond donors (Lipinski definition) is 7. The second-order valence-corrected chi connectivity index (χ2v) is 6.62. The van der Waals surface area contributed by atoms with Gasteiger partial charge in [-0.1, -0.05) is 6.08 Å². The van der Waals surface area contributed by atoms with Crippen molar-refractivity contribution in [3.05, 3.63) is 12.7 Å². The number of aliphatic hydroxyl groups excluding tert-OH is 6. The van der Waals surface area contributed by atoms with Gasteiger partial charge in [0.2, 0.25) is 5.79 Å². The minimum Gasteiger partial charge on any atom is -0.438 e. The number of carbonyl (C=O) groups is 1. The summed E-state index contributed by atoms with van der Waals surface area (Å²) in [5.41, 5.74) is 5.05. The highest BCUT2D eigenvalue weighted by atomic mass is 16.8. The summed E-state index contributed by atoms with van der Waals surface area (Å²) < 4.78 is 26.7. The van der Waals surface area contributed by atoms with E-state index in [2.05, 4.69) is 6.58 Å². The minimum absolute atomic E-state index is 0.00761. The number of aliphatic hydroxyl groups is 6. The predicted molar refractivity (Wildman–Crippen MR) is 91.0 cm³/mol. The van der Waals surface area contributed by atoms with Gasteiger partial charge >= 0.3 is 6.09 Å². The van der Waals surface area contributed by atoms with Gasteiger partial charge < -0.3 is 60.1 Å². The molecule has 0 spiro atoms. The number of amides is 1. The lowest BCUT2D eigenvalue weighted by molar-refractivity contribution is -0.384. The number of primary amides is 1. The largest absolute Gasteiger partial charge is 0.438 e. The van der Waals surface area contributed by atoms with Gasteiger partial charge in [0, 0.05) is 0 Å². The van der Waals surface area contributed by atoms with Crippen molar-refractivity contribution in [1.82, 2.24) is 0 Å². The van der Waals surface area contributed by atoms with Gasteiger partial charge in [-0.05, 0) is 0 Å². The molecule has 0 bridgehead atoms. The van der Waals surface area contributed by atoms with Gasteiger partial charge in [0.05, 0.1) is 19.8 Å². The van der Waals surface area contributed by atoms with Crippen LogP contribution in [0.15, 0.2) is 12.7 Å². The van der Waals surface area contributed by atoms with Crippen LogP contribution in [0.4, 0.5) is 4.79 Å². The van der Waals surface area contributed by atoms with Crippen molar-refractivity contribution in [1.29, 1.82) is 0 Å². The molecule has 0 aromatic carbocycles. The second kappa shape index (κ2) is 10.1. The lowest BCUT2D eigenvalue weighted by Gasteiger charge is -2.43. The summed E-state index contributed by atoms with van der Waals surface area (Å²) in [4.78, 5) is 11.3. The van der Waals surface area contributed by atoms with E-state index in [9.17, 15) is 35.4 Å². The number of carbonyl (C=O) groups excluding carboxylic acids is 1. The van der Waals surface area contributed by atoms with E-state index in [0.717, 1.165) is 0 Å². The van der Waals surface area contributed by atoms with E-state index in [1.54, 1.807) is 0 Å². The van der Waals surface area contributed by atoms with Crippen LogP contribution < -0.4 is 5.73 Å². The summed E-state index contributed by atoms with van der Waals surface area (Å²) >= 11 is 0. The molecule has 2 fully saturated rings. The summed E-state index contributed by atoms with van der Waals surface area (Å²) in [5, 5.41) is 59.2. The molecule has 0 unspecified atom stereocenters. The van der Waals surface area contributed by atoms with Crippen molar-refractivity contribution in [2.45, 2.75) is 54.8 Å². The van der Waals surface area contributed by atoms with Gasteiger partial charge in [0.25, 0.3) is 0 Å². The normalized spacial score (nSPS) is 42.6. The van der Waals surface area contributed by atoms with Gasteiger partial charge in [-0.2, -0.15) is 0 Å². The Labute approximate surface area is 165 Å². The molecular weight excluding hydrogens is 398 g/mol. The van der Waals surface area contributed by atoms with Crippen LogP contribution in [-0.4, -0.2) is 118 Å². The fourth-order valence-corrected chi connectivity index (χ4v) is 3.17. The highest BCUT2D eigenvalue weighted by molar-refractivity contribution is 5.65. The SMILES string of the molecule is C=CCOC[C@@]1(O[C@H]2O[C@H](CO)[C@@H](O)[C@H](O)[C@H]2O)O[C@H](CO)[C@@H](O)[C@@H]1OC(N)=O. The highest BCUT2D eigenvalue weighted by Crippen LogP contribution is 2.38. The van der Waals surface area contributed by atoms with Crippen molar-refractivity contribution in [3.63, 3.8) is 0 Å². The van der Waals surface area contributed by atoms with Crippen LogP contribution in [0.5, 0.6) is 0 Å². The third-order valence-corrected chi connectivity index (χ3v) is 4.60. The van der Waals surface area contributed by atoms with E-state index in [0.29, 0.717) is 0 Å². The van der Waals surface area contributed by atoms with E-state index in [4.69, 9.17) is 29.4 Å². The Morgan fingerprint density at radius 3 is 2.28 bits per heavy atom. The standard InChI is InChI=1S/C16H27NO12/c1-2-3-25-6-16(13(27-15(17)24)10(21)8(5-19)28-16)29-14-12(23)11(22)9(20)7(4-18)26-14/h2,7-14,18-23H,1,3-6H2,(H2,17,24)/t7-,8-,9-,10-,11+,12-,13+,14-,16+/m1/s1. The number of hydrogen-bond acceptors (Lipinski definition) is 12. The third-order valence-electron chi connectivity index (χ3n) is 4.60. The lowest BCUT2D eigenvalue weighted by Crippen LogP contribution is -2.63. The van der Waals surface area contributed by atoms with Crippen LogP contribution in [0, 0.1) is 0 Å². The first-order chi connectivity index (χ1) is 13.7. The maximum absolute atomic E-state index is 11.3. The Balaban J connectivity index is 2.34. The molecule has 2 aliphatic heterocycles. The van der Waals surface area contributed by atoms with Crippen LogP contribution in [0.3, 0.4) is 0 Å². The number of ether oxygens (including phenoxy) is 5. The maximum atomic E-state index is 11.3. The number of rotatable bonds is 9. The molecule has 168 valence electrons. The predicted octanol–water partition coefficient (Wildman–Crippen LogP) is -4.08. The van der Waals surface area contributed by atoms with Crippen molar-refractivity contribution >= 4 is 6.09 Å². The molecular formula is C16H27NO12. The van der Waals surface area contributed by atoms with Crippen LogP contribution in [0.1, 0.15) is 0 Å². The molecule has 29 heavy (non-hydrogen) atoms. The first-order valence-electron chi connectivity index (χ1n) is 8.80. The third kappa shape index (κ3) is 5.03. The molecule has 9 atom stereocenters. The molecule has 2 aliphatic rings. The van der Waals surface area contributed by atoms with E-state index >= 15 is 0 Å². The number of nitrogens with two attached hydrogens (primary N) is 1. The average molecular weight is 425 g/mol. The minimum atomic E-state index is -2.13. The quantitative estimate of drug-likeness (QED) is 0.139. The van der Waals surface area contributed by atoms with Crippen LogP contribution in [0.2, 0.25) is 0 Å². The molecule has 2 rings (SSSR count). The van der Waals surface area contributed by atoms with Crippen molar-refractivity contribution in [2.24, 2.45) is 5.73 Å². The van der Waals surface area contributed by atoms with Gasteiger partial charge in [-0.3, -0.25) is 0 Å². The smallest absolute Gasteiger partial charge is 0.405 e. The Morgan fingerprint density at radius 2 is 1.72 bits per heavy atom. The van der Waals surface area contributed by atoms with E-state index < -0.39 is 80.7 Å². The fraction of sp³-hybridized carbons (Fsp3) is 0.812. The summed E-state index contributed by atoms with van der Waals surface area (Å²) in [6.45, 7) is 1.56. The maximum Gasteiger partial charge on any atom is 0.405 e. The van der Waals surface area contributed by atoms with Crippen molar-refractivity contribution in [2.75, 3.05) is 26.4 Å². The lowest BCUT2D eigenvalue weighted by atomic mass is 9.99. The Hall–Kier alpha value is -1.39. The molecule has 2 heterocycles. The monoisotopic (exact) mass is 425 g/mol. The molecule has 0 aromatic rings. The summed E-state index contributed by atoms with van der Waals surface area (Å²) in [6, 6.07) is 0. The zero-order valence-electron chi connectivity index (χ0n) is 15.4. The summed E-state index contributed by atoms with van der Waals surface area (Å²) in [7, 11) is 0. The van der Waals surface area contributed by atoms with Crippen LogP contribution in [-0.2, 0) is 23.7 Å². The Kier molecular flexibility index (Phi) is 8.30. The van der Waals surface area contributed by atoms with E-state index in [1.807, 2.05) is 0 Å². The van der Waals surface area contributed by atoms with Crippen LogP contribution >= 0.6 is 0 Å². The molecule has 13 heteroatoms. The average Bonchev–Trinajstić information content (AvgIpc) is 2.94. The molecule has 0 aliphatic carbocycles. The molecule has 2 saturated heterocycles. The van der Waals surface area contributed by atoms with Gasteiger partial charge in [0.1, 0.15) is 43.2 Å². The van der Waals surface area contributed by atoms with Gasteiger partial charge in [0.15, 0.2) is 12.4 Å². The molecule has 0 saturated carbocycles. The molecule has 1 amide bonds. The van der Waals surface area contributed by atoms with Crippen molar-refractivity contribution in [3.8, 4) is 0 Å². The van der Waals surface area contributed by atoms with Crippen molar-refractivity contribution < 1.29 is 59.1 Å². The first kappa shape index (κ1) is 23.9. The summed E-state index contributed by atoms with van der Waals surface area (Å²) in [5.74, 6) is -2.13. The summed E-state index contributed by atoms with van der Waals surface area (Å²) in [6.07, 6.45) is -12.6. The Morgan fingerprint density at radius 1 is 1.07 bits per heavy atom. The van der Waals surface area contributed by atoms with E-state index in [-0.39, 0.29) is 6.61 Å². The molecule has 0 aromatic heterocycles. The zero-order chi connectivity index (χ0) is 21.8. The van der Waals surface area contributed by atoms with Gasteiger partial charge in [-0.25, -0.2) is 4.79 Å². The fourth-order valence-electron chi connectivity index (χ4n) is 3.17. The molecule has 13 nitrogen and oxygen atoms in total. The Bertz CT molecular complexity index is 562. The first-order valence-corrected chi connectivity index (χ1v) is 8.80. The van der Waals surface area contributed by atoms with Gasteiger partial charge in [-0.15, -0.1) is 6.58 Å². The molecule has 8 N–H and O–H groups in total. The highest BCUT2D eigenvalue weighted by Gasteiger charge is 2.61. The van der Waals surface area contributed by atoms with Crippen LogP contribution in [0.25, 0.3) is 0 Å².